The number of nitrogens with one attached hydrogen (secondary N) is 2. The van der Waals surface area contributed by atoms with Gasteiger partial charge in [-0.2, -0.15) is 0 Å². The van der Waals surface area contributed by atoms with Gasteiger partial charge in [0.1, 0.15) is 29.5 Å². The summed E-state index contributed by atoms with van der Waals surface area (Å²) in [5, 5.41) is 7.94. The lowest BCUT2D eigenvalue weighted by Gasteiger charge is -2.43. The van der Waals surface area contributed by atoms with Gasteiger partial charge >= 0.3 is 0 Å². The van der Waals surface area contributed by atoms with Gasteiger partial charge in [0, 0.05) is 81.0 Å². The highest BCUT2D eigenvalue weighted by atomic mass is 19.1. The van der Waals surface area contributed by atoms with Crippen LogP contribution in [0.5, 0.6) is 5.75 Å². The standard InChI is InChI=1S/C41H46F2N8O3/c1-3-40(52)47-33-23-34(37(53-2)24-36(33)50-15-12-30(13-16-50)49-19-17-48(18-20-49)29-10-11-29)46-38-25-39(45-26-44-38)51-35(14-21-54-51)32-9-5-8-31(41(32)43)27-6-4-7-28(42)22-27/h3-9,22-26,29-30,35H,1,10-21H2,2H3,(H,47,52)(H,44,45,46). The second kappa shape index (κ2) is 15.7. The van der Waals surface area contributed by atoms with Crippen molar-refractivity contribution in [2.75, 3.05) is 73.6 Å². The van der Waals surface area contributed by atoms with E-state index in [2.05, 4.69) is 41.9 Å². The molecule has 1 unspecified atom stereocenters. The van der Waals surface area contributed by atoms with Crippen LogP contribution in [0.3, 0.4) is 0 Å². The number of benzene rings is 3. The highest BCUT2D eigenvalue weighted by Gasteiger charge is 2.35. The van der Waals surface area contributed by atoms with Gasteiger partial charge in [-0.15, -0.1) is 0 Å². The number of anilines is 5. The topological polar surface area (TPSA) is 98.3 Å². The van der Waals surface area contributed by atoms with E-state index in [1.165, 1.54) is 37.4 Å². The second-order valence-electron chi connectivity index (χ2n) is 14.4. The molecule has 0 spiro atoms. The van der Waals surface area contributed by atoms with E-state index in [0.717, 1.165) is 63.8 Å². The molecule has 3 aromatic carbocycles. The Kier molecular flexibility index (Phi) is 10.4. The molecule has 1 atom stereocenters. The van der Waals surface area contributed by atoms with Gasteiger partial charge in [0.15, 0.2) is 5.82 Å². The molecule has 0 bridgehead atoms. The molecule has 4 aromatic rings. The first-order valence-electron chi connectivity index (χ1n) is 18.8. The lowest BCUT2D eigenvalue weighted by atomic mass is 9.97. The molecule has 1 aliphatic carbocycles. The Morgan fingerprint density at radius 2 is 1.63 bits per heavy atom. The zero-order valence-corrected chi connectivity index (χ0v) is 30.5. The SMILES string of the molecule is C=CC(=O)Nc1cc(Nc2cc(N3OCCC3c3cccc(-c4cccc(F)c4)c3F)ncn2)c(OC)cc1N1CCC(N2CCN(C3CC3)CC2)CC1. The number of rotatable bonds is 11. The van der Waals surface area contributed by atoms with Crippen molar-refractivity contribution in [2.24, 2.45) is 0 Å². The molecule has 4 fully saturated rings. The number of carbonyl (C=O) groups is 1. The molecule has 11 nitrogen and oxygen atoms in total. The number of aromatic nitrogens is 2. The number of carbonyl (C=O) groups excluding carboxylic acids is 1. The van der Waals surface area contributed by atoms with Crippen LogP contribution in [-0.4, -0.2) is 90.7 Å². The molecule has 282 valence electrons. The van der Waals surface area contributed by atoms with Gasteiger partial charge in [-0.1, -0.05) is 36.9 Å². The summed E-state index contributed by atoms with van der Waals surface area (Å²) >= 11 is 0. The Morgan fingerprint density at radius 3 is 2.33 bits per heavy atom. The zero-order valence-electron chi connectivity index (χ0n) is 30.5. The van der Waals surface area contributed by atoms with E-state index in [9.17, 15) is 9.18 Å². The second-order valence-corrected chi connectivity index (χ2v) is 14.4. The smallest absolute Gasteiger partial charge is 0.247 e. The Hall–Kier alpha value is -5.11. The molecule has 0 radical (unpaired) electrons. The van der Waals surface area contributed by atoms with Gasteiger partial charge in [-0.3, -0.25) is 19.4 Å². The van der Waals surface area contributed by atoms with E-state index in [0.29, 0.717) is 64.5 Å². The van der Waals surface area contributed by atoms with Gasteiger partial charge in [-0.05, 0) is 55.5 Å². The van der Waals surface area contributed by atoms with Crippen LogP contribution in [0.4, 0.5) is 37.5 Å². The van der Waals surface area contributed by atoms with Gasteiger partial charge in [0.25, 0.3) is 0 Å². The fourth-order valence-electron chi connectivity index (χ4n) is 8.10. The average Bonchev–Trinajstić information content (AvgIpc) is 3.94. The largest absolute Gasteiger partial charge is 0.494 e. The van der Waals surface area contributed by atoms with E-state index in [1.807, 2.05) is 12.1 Å². The summed E-state index contributed by atoms with van der Waals surface area (Å²) < 4.78 is 35.9. The predicted octanol–water partition coefficient (Wildman–Crippen LogP) is 6.93. The van der Waals surface area contributed by atoms with Crippen molar-refractivity contribution in [1.82, 2.24) is 19.8 Å². The summed E-state index contributed by atoms with van der Waals surface area (Å²) in [6.45, 7) is 10.3. The molecule has 3 saturated heterocycles. The number of halogens is 2. The van der Waals surface area contributed by atoms with Gasteiger partial charge < -0.3 is 20.3 Å². The maximum absolute atomic E-state index is 16.0. The average molecular weight is 737 g/mol. The number of piperidine rings is 1. The van der Waals surface area contributed by atoms with E-state index < -0.39 is 17.7 Å². The Morgan fingerprint density at radius 1 is 0.889 bits per heavy atom. The van der Waals surface area contributed by atoms with Crippen LogP contribution in [0.25, 0.3) is 11.1 Å². The van der Waals surface area contributed by atoms with Crippen molar-refractivity contribution < 1.29 is 23.1 Å². The van der Waals surface area contributed by atoms with Gasteiger partial charge in [0.05, 0.1) is 36.8 Å². The number of nitrogens with zero attached hydrogens (tertiary/aromatic N) is 6. The molecule has 4 heterocycles. The normalized spacial score (nSPS) is 19.9. The minimum Gasteiger partial charge on any atom is -0.494 e. The molecule has 13 heteroatoms. The third kappa shape index (κ3) is 7.61. The third-order valence-electron chi connectivity index (χ3n) is 11.1. The summed E-state index contributed by atoms with van der Waals surface area (Å²) in [5.74, 6) is 0.262. The van der Waals surface area contributed by atoms with Crippen molar-refractivity contribution >= 4 is 34.6 Å². The van der Waals surface area contributed by atoms with E-state index >= 15 is 4.39 Å². The van der Waals surface area contributed by atoms with Crippen LogP contribution < -0.4 is 25.3 Å². The minimum atomic E-state index is -0.479. The van der Waals surface area contributed by atoms with E-state index in [-0.39, 0.29) is 5.91 Å². The van der Waals surface area contributed by atoms with Gasteiger partial charge in [-0.25, -0.2) is 23.8 Å². The molecule has 2 N–H and O–H groups in total. The van der Waals surface area contributed by atoms with Crippen molar-refractivity contribution in [1.29, 1.82) is 0 Å². The molecular formula is C41H46F2N8O3. The van der Waals surface area contributed by atoms with Crippen molar-refractivity contribution in [3.8, 4) is 16.9 Å². The van der Waals surface area contributed by atoms with Crippen LogP contribution >= 0.6 is 0 Å². The van der Waals surface area contributed by atoms with E-state index in [1.54, 1.807) is 48.6 Å². The third-order valence-corrected chi connectivity index (χ3v) is 11.1. The molecule has 1 amide bonds. The first-order chi connectivity index (χ1) is 26.4. The first kappa shape index (κ1) is 35.9. The lowest BCUT2D eigenvalue weighted by Crippen LogP contribution is -2.53. The number of amides is 1. The minimum absolute atomic E-state index is 0.311. The summed E-state index contributed by atoms with van der Waals surface area (Å²) in [6.07, 6.45) is 7.99. The highest BCUT2D eigenvalue weighted by molar-refractivity contribution is 6.02. The zero-order chi connectivity index (χ0) is 37.2. The summed E-state index contributed by atoms with van der Waals surface area (Å²) in [6, 6.07) is 17.4. The molecule has 3 aliphatic heterocycles. The van der Waals surface area contributed by atoms with Crippen molar-refractivity contribution in [2.45, 2.75) is 50.2 Å². The quantitative estimate of drug-likeness (QED) is 0.158. The maximum Gasteiger partial charge on any atom is 0.247 e. The van der Waals surface area contributed by atoms with Crippen LogP contribution in [-0.2, 0) is 9.63 Å². The Labute approximate surface area is 314 Å². The molecular weight excluding hydrogens is 690 g/mol. The number of hydrogen-bond donors (Lipinski definition) is 2. The maximum atomic E-state index is 16.0. The molecule has 1 aromatic heterocycles. The number of hydrogen-bond acceptors (Lipinski definition) is 10. The van der Waals surface area contributed by atoms with Crippen molar-refractivity contribution in [3.05, 3.63) is 96.8 Å². The van der Waals surface area contributed by atoms with Crippen LogP contribution in [0, 0.1) is 11.6 Å². The van der Waals surface area contributed by atoms with Crippen LogP contribution in [0.1, 0.15) is 43.7 Å². The Balaban J connectivity index is 1.00. The summed E-state index contributed by atoms with van der Waals surface area (Å²) in [5.41, 5.74) is 3.28. The number of ether oxygens (including phenoxy) is 1. The van der Waals surface area contributed by atoms with Crippen LogP contribution in [0.2, 0.25) is 0 Å². The summed E-state index contributed by atoms with van der Waals surface area (Å²) in [4.78, 5) is 35.2. The predicted molar refractivity (Wildman–Crippen MR) is 206 cm³/mol. The monoisotopic (exact) mass is 736 g/mol. The van der Waals surface area contributed by atoms with Gasteiger partial charge in [0.2, 0.25) is 5.91 Å². The molecule has 4 aliphatic rings. The lowest BCUT2D eigenvalue weighted by molar-refractivity contribution is -0.111. The highest BCUT2D eigenvalue weighted by Crippen LogP contribution is 2.42. The number of piperazine rings is 1. The fourth-order valence-corrected chi connectivity index (χ4v) is 8.10. The van der Waals surface area contributed by atoms with Crippen LogP contribution in [0.15, 0.2) is 79.6 Å². The first-order valence-corrected chi connectivity index (χ1v) is 18.8. The molecule has 8 rings (SSSR count). The Bertz CT molecular complexity index is 2000. The summed E-state index contributed by atoms with van der Waals surface area (Å²) in [7, 11) is 1.61. The number of methoxy groups -OCH3 is 1. The van der Waals surface area contributed by atoms with E-state index in [4.69, 9.17) is 9.57 Å². The molecule has 54 heavy (non-hydrogen) atoms. The fraction of sp³-hybridized carbons (Fsp3) is 0.390. The molecule has 1 saturated carbocycles. The number of hydroxylamine groups is 1. The van der Waals surface area contributed by atoms with Crippen molar-refractivity contribution in [3.63, 3.8) is 0 Å².